The number of rotatable bonds is 19. The maximum Gasteiger partial charge on any atom is 0.243 e. The molecule has 262 valence electrons. The van der Waals surface area contributed by atoms with Crippen LogP contribution >= 0.6 is 11.9 Å². The highest BCUT2D eigenvalue weighted by Gasteiger charge is 2.38. The monoisotopic (exact) mass is 676 g/mol. The van der Waals surface area contributed by atoms with Gasteiger partial charge in [0.1, 0.15) is 11.9 Å². The summed E-state index contributed by atoms with van der Waals surface area (Å²) in [5.41, 5.74) is 9.35. The molecule has 2 atom stereocenters. The Kier molecular flexibility index (Phi) is 15.8. The molecule has 2 unspecified atom stereocenters. The third-order valence-electron chi connectivity index (χ3n) is 9.65. The van der Waals surface area contributed by atoms with Crippen molar-refractivity contribution >= 4 is 35.5 Å². The van der Waals surface area contributed by atoms with E-state index < -0.39 is 6.04 Å². The number of amidine groups is 1. The summed E-state index contributed by atoms with van der Waals surface area (Å²) in [6.45, 7) is 3.68. The second-order valence-electron chi connectivity index (χ2n) is 13.5. The van der Waals surface area contributed by atoms with Gasteiger partial charge in [-0.3, -0.25) is 24.5 Å². The zero-order valence-electron chi connectivity index (χ0n) is 28.7. The largest absolute Gasteiger partial charge is 0.384 e. The number of nitrogens with two attached hydrogens (primary N) is 1. The summed E-state index contributed by atoms with van der Waals surface area (Å²) in [4.78, 5) is 41.3. The molecule has 1 saturated heterocycles. The first-order valence-corrected chi connectivity index (χ1v) is 19.1. The van der Waals surface area contributed by atoms with Crippen molar-refractivity contribution in [1.29, 1.82) is 5.41 Å². The maximum atomic E-state index is 14.0. The minimum atomic E-state index is -0.469. The fraction of sp³-hybridized carbons (Fsp3) is 0.579. The number of hydrogen-bond donors (Lipinski definition) is 5. The van der Waals surface area contributed by atoms with Gasteiger partial charge in [-0.25, -0.2) is 0 Å². The molecule has 2 aromatic rings. The van der Waals surface area contributed by atoms with Crippen molar-refractivity contribution in [3.8, 4) is 0 Å². The summed E-state index contributed by atoms with van der Waals surface area (Å²) in [5, 5.41) is 13.6. The van der Waals surface area contributed by atoms with Crippen LogP contribution in [-0.2, 0) is 33.2 Å². The smallest absolute Gasteiger partial charge is 0.243 e. The van der Waals surface area contributed by atoms with Crippen LogP contribution < -0.4 is 21.1 Å². The Morgan fingerprint density at radius 3 is 2.19 bits per heavy atom. The average Bonchev–Trinajstić information content (AvgIpc) is 3.60. The summed E-state index contributed by atoms with van der Waals surface area (Å²) in [5.74, 6) is 1.25. The van der Waals surface area contributed by atoms with Gasteiger partial charge in [-0.1, -0.05) is 125 Å². The van der Waals surface area contributed by atoms with E-state index in [9.17, 15) is 14.4 Å². The van der Waals surface area contributed by atoms with E-state index in [1.54, 1.807) is 29.0 Å². The molecule has 6 N–H and O–H groups in total. The first-order chi connectivity index (χ1) is 23.3. The molecule has 4 rings (SSSR count). The van der Waals surface area contributed by atoms with Crippen molar-refractivity contribution in [3.63, 3.8) is 0 Å². The van der Waals surface area contributed by atoms with Crippen molar-refractivity contribution < 1.29 is 14.4 Å². The maximum absolute atomic E-state index is 14.0. The Balaban J connectivity index is 1.27. The summed E-state index contributed by atoms with van der Waals surface area (Å²) < 4.78 is 3.52. The Morgan fingerprint density at radius 2 is 1.50 bits per heavy atom. The quantitative estimate of drug-likeness (QED) is 0.0510. The second-order valence-corrected chi connectivity index (χ2v) is 14.3. The van der Waals surface area contributed by atoms with E-state index in [0.717, 1.165) is 55.2 Å². The Labute approximate surface area is 291 Å². The molecule has 1 heterocycles. The molecule has 3 amide bonds. The third-order valence-corrected chi connectivity index (χ3v) is 10.6. The fourth-order valence-electron chi connectivity index (χ4n) is 6.72. The van der Waals surface area contributed by atoms with Crippen LogP contribution in [0.2, 0.25) is 0 Å². The van der Waals surface area contributed by atoms with Gasteiger partial charge < -0.3 is 21.3 Å². The molecule has 1 saturated carbocycles. The number of carbonyl (C=O) groups is 3. The summed E-state index contributed by atoms with van der Waals surface area (Å²) >= 11 is 1.56. The number of nitrogen functional groups attached to an aromatic ring is 1. The zero-order valence-corrected chi connectivity index (χ0v) is 29.6. The molecule has 10 heteroatoms. The van der Waals surface area contributed by atoms with Crippen LogP contribution in [0.3, 0.4) is 0 Å². The molecular weight excluding hydrogens is 621 g/mol. The number of nitrogens with zero attached hydrogens (tertiary/aromatic N) is 1. The molecule has 2 aliphatic rings. The van der Waals surface area contributed by atoms with Gasteiger partial charge in [0, 0.05) is 37.4 Å². The number of amides is 3. The first kappa shape index (κ1) is 37.4. The van der Waals surface area contributed by atoms with Crippen LogP contribution in [0.5, 0.6) is 0 Å². The Bertz CT molecular complexity index is 1310. The minimum Gasteiger partial charge on any atom is -0.384 e. The Hall–Kier alpha value is -3.37. The van der Waals surface area contributed by atoms with Gasteiger partial charge in [0.25, 0.3) is 0 Å². The standard InChI is InChI=1S/C38H56N6O3S/c1-2-3-4-5-9-14-35(45)41-25-29-15-17-31(18-16-29)27-48-43-33(24-28-11-7-6-8-12-28)38(47)44-23-10-13-34(44)37(46)42-26-30-19-21-32(22-20-30)36(39)40/h15-22,28,33-34,43H,2-14,23-27H2,1H3,(H3,39,40)(H,41,45)(H,42,46). The van der Waals surface area contributed by atoms with Gasteiger partial charge in [0.15, 0.2) is 0 Å². The number of likely N-dealkylation sites (tertiary alicyclic amines) is 1. The first-order valence-electron chi connectivity index (χ1n) is 18.1. The number of carbonyl (C=O) groups excluding carboxylic acids is 3. The van der Waals surface area contributed by atoms with E-state index in [1.807, 2.05) is 12.1 Å². The lowest BCUT2D eigenvalue weighted by Crippen LogP contribution is -2.51. The van der Waals surface area contributed by atoms with Gasteiger partial charge in [-0.15, -0.1) is 0 Å². The fourth-order valence-corrected chi connectivity index (χ4v) is 7.57. The van der Waals surface area contributed by atoms with E-state index in [1.165, 1.54) is 38.5 Å². The van der Waals surface area contributed by atoms with E-state index in [-0.39, 0.29) is 29.6 Å². The number of nitrogens with one attached hydrogen (secondary N) is 4. The molecule has 0 bridgehead atoms. The summed E-state index contributed by atoms with van der Waals surface area (Å²) in [6, 6.07) is 14.8. The topological polar surface area (TPSA) is 140 Å². The minimum absolute atomic E-state index is 0.0128. The van der Waals surface area contributed by atoms with E-state index >= 15 is 0 Å². The van der Waals surface area contributed by atoms with Gasteiger partial charge in [-0.05, 0) is 48.3 Å². The van der Waals surface area contributed by atoms with Gasteiger partial charge in [0.05, 0.1) is 6.04 Å². The van der Waals surface area contributed by atoms with Gasteiger partial charge in [0.2, 0.25) is 17.7 Å². The number of unbranched alkanes of at least 4 members (excludes halogenated alkanes) is 4. The van der Waals surface area contributed by atoms with Crippen LogP contribution in [0, 0.1) is 11.3 Å². The van der Waals surface area contributed by atoms with Crippen LogP contribution in [-0.4, -0.2) is 47.1 Å². The van der Waals surface area contributed by atoms with Crippen molar-refractivity contribution in [2.75, 3.05) is 6.54 Å². The van der Waals surface area contributed by atoms with Crippen molar-refractivity contribution in [1.82, 2.24) is 20.3 Å². The van der Waals surface area contributed by atoms with E-state index in [4.69, 9.17) is 11.1 Å². The predicted molar refractivity (Wildman–Crippen MR) is 195 cm³/mol. The molecular formula is C38H56N6O3S. The molecule has 48 heavy (non-hydrogen) atoms. The molecule has 0 aromatic heterocycles. The molecule has 9 nitrogen and oxygen atoms in total. The lowest BCUT2D eigenvalue weighted by Gasteiger charge is -2.31. The predicted octanol–water partition coefficient (Wildman–Crippen LogP) is 6.33. The average molecular weight is 677 g/mol. The molecule has 2 fully saturated rings. The van der Waals surface area contributed by atoms with E-state index in [2.05, 4.69) is 46.5 Å². The molecule has 0 spiro atoms. The highest BCUT2D eigenvalue weighted by molar-refractivity contribution is 7.96. The number of hydrogen-bond acceptors (Lipinski definition) is 6. The van der Waals surface area contributed by atoms with Gasteiger partial charge >= 0.3 is 0 Å². The van der Waals surface area contributed by atoms with Crippen LogP contribution in [0.4, 0.5) is 0 Å². The molecule has 1 aliphatic carbocycles. The highest BCUT2D eigenvalue weighted by Crippen LogP contribution is 2.30. The number of benzene rings is 2. The summed E-state index contributed by atoms with van der Waals surface area (Å²) in [7, 11) is 0. The van der Waals surface area contributed by atoms with E-state index in [0.29, 0.717) is 49.7 Å². The molecule has 0 radical (unpaired) electrons. The van der Waals surface area contributed by atoms with Crippen molar-refractivity contribution in [2.45, 2.75) is 128 Å². The van der Waals surface area contributed by atoms with Crippen molar-refractivity contribution in [2.24, 2.45) is 11.7 Å². The lowest BCUT2D eigenvalue weighted by molar-refractivity contribution is -0.140. The Morgan fingerprint density at radius 1 is 0.854 bits per heavy atom. The molecule has 1 aliphatic heterocycles. The van der Waals surface area contributed by atoms with Gasteiger partial charge in [-0.2, -0.15) is 0 Å². The zero-order chi connectivity index (χ0) is 34.1. The lowest BCUT2D eigenvalue weighted by atomic mass is 9.84. The highest BCUT2D eigenvalue weighted by atomic mass is 32.2. The van der Waals surface area contributed by atoms with Crippen LogP contribution in [0.1, 0.15) is 119 Å². The SMILES string of the molecule is CCCCCCCC(=O)NCc1ccc(CSNC(CC2CCCCC2)C(=O)N2CCCC2C(=O)NCc2ccc(C(=N)N)cc2)cc1. The van der Waals surface area contributed by atoms with Crippen LogP contribution in [0.25, 0.3) is 0 Å². The summed E-state index contributed by atoms with van der Waals surface area (Å²) in [6.07, 6.45) is 14.6. The second kappa shape index (κ2) is 20.2. The van der Waals surface area contributed by atoms with Crippen molar-refractivity contribution in [3.05, 3.63) is 70.8 Å². The molecule has 2 aromatic carbocycles. The van der Waals surface area contributed by atoms with Crippen LogP contribution in [0.15, 0.2) is 48.5 Å². The normalized spacial score (nSPS) is 17.2. The third kappa shape index (κ3) is 12.3.